The van der Waals surface area contributed by atoms with Gasteiger partial charge in [-0.1, -0.05) is 0 Å². The van der Waals surface area contributed by atoms with E-state index < -0.39 is 0 Å². The van der Waals surface area contributed by atoms with Gasteiger partial charge in [-0.05, 0) is 12.8 Å². The highest BCUT2D eigenvalue weighted by molar-refractivity contribution is 5.96. The van der Waals surface area contributed by atoms with E-state index in [9.17, 15) is 4.79 Å². The number of aryl methyl sites for hydroxylation is 1. The Balaban J connectivity index is 1.64. The number of carbonyl (C=O) groups is 1. The minimum Gasteiger partial charge on any atom is -0.396 e. The minimum atomic E-state index is -0.215. The Morgan fingerprint density at radius 3 is 3.06 bits per heavy atom. The molecule has 0 radical (unpaired) electrons. The van der Waals surface area contributed by atoms with Crippen LogP contribution in [0.5, 0.6) is 0 Å². The maximum atomic E-state index is 11.6. The van der Waals surface area contributed by atoms with E-state index in [0.717, 1.165) is 19.4 Å². The van der Waals surface area contributed by atoms with Gasteiger partial charge in [-0.25, -0.2) is 4.98 Å². The third-order valence-corrected chi connectivity index (χ3v) is 2.58. The molecular weight excluding hydrogens is 232 g/mol. The number of nitrogens with zero attached hydrogens (tertiary/aromatic N) is 3. The maximum Gasteiger partial charge on any atom is 0.271 e. The molecule has 18 heavy (non-hydrogen) atoms. The maximum absolute atomic E-state index is 11.6. The van der Waals surface area contributed by atoms with Crippen molar-refractivity contribution in [2.45, 2.75) is 19.4 Å². The average Bonchev–Trinajstić information content (AvgIpc) is 2.99. The SMILES string of the molecule is Nc1cn[nH]c1C(=O)NCCCCn1ccnc1. The van der Waals surface area contributed by atoms with Crippen molar-refractivity contribution in [2.24, 2.45) is 0 Å². The van der Waals surface area contributed by atoms with Gasteiger partial charge in [0, 0.05) is 25.5 Å². The molecule has 0 aliphatic rings. The van der Waals surface area contributed by atoms with Crippen molar-refractivity contribution in [1.29, 1.82) is 0 Å². The lowest BCUT2D eigenvalue weighted by molar-refractivity contribution is 0.0949. The second-order valence-electron chi connectivity index (χ2n) is 3.96. The van der Waals surface area contributed by atoms with Crippen molar-refractivity contribution in [2.75, 3.05) is 12.3 Å². The fourth-order valence-corrected chi connectivity index (χ4v) is 1.61. The second-order valence-corrected chi connectivity index (χ2v) is 3.96. The van der Waals surface area contributed by atoms with Gasteiger partial charge in [0.05, 0.1) is 18.2 Å². The standard InChI is InChI=1S/C11H16N6O/c12-9-7-15-16-10(9)11(18)14-3-1-2-5-17-6-4-13-8-17/h4,6-8H,1-3,5,12H2,(H,14,18)(H,15,16). The van der Waals surface area contributed by atoms with Crippen LogP contribution in [0.4, 0.5) is 5.69 Å². The molecule has 1 amide bonds. The van der Waals surface area contributed by atoms with Crippen LogP contribution in [0.3, 0.4) is 0 Å². The molecule has 4 N–H and O–H groups in total. The van der Waals surface area contributed by atoms with E-state index >= 15 is 0 Å². The molecule has 0 fully saturated rings. The lowest BCUT2D eigenvalue weighted by Crippen LogP contribution is -2.25. The summed E-state index contributed by atoms with van der Waals surface area (Å²) in [5.74, 6) is -0.215. The fraction of sp³-hybridized carbons (Fsp3) is 0.364. The highest BCUT2D eigenvalue weighted by atomic mass is 16.1. The molecule has 0 atom stereocenters. The van der Waals surface area contributed by atoms with Crippen LogP contribution in [0.2, 0.25) is 0 Å². The van der Waals surface area contributed by atoms with Gasteiger partial charge in [-0.15, -0.1) is 0 Å². The minimum absolute atomic E-state index is 0.215. The zero-order valence-electron chi connectivity index (χ0n) is 9.97. The second kappa shape index (κ2) is 5.85. The number of nitrogen functional groups attached to an aromatic ring is 1. The van der Waals surface area contributed by atoms with Gasteiger partial charge in [0.25, 0.3) is 5.91 Å². The molecule has 2 heterocycles. The summed E-state index contributed by atoms with van der Waals surface area (Å²) in [4.78, 5) is 15.6. The van der Waals surface area contributed by atoms with E-state index in [1.807, 2.05) is 10.8 Å². The summed E-state index contributed by atoms with van der Waals surface area (Å²) in [6.45, 7) is 1.52. The van der Waals surface area contributed by atoms with Gasteiger partial charge in [-0.2, -0.15) is 5.10 Å². The first-order chi connectivity index (χ1) is 8.77. The Morgan fingerprint density at radius 1 is 1.50 bits per heavy atom. The van der Waals surface area contributed by atoms with Gasteiger partial charge < -0.3 is 15.6 Å². The van der Waals surface area contributed by atoms with E-state index in [2.05, 4.69) is 20.5 Å². The number of nitrogens with two attached hydrogens (primary N) is 1. The molecule has 7 nitrogen and oxygen atoms in total. The summed E-state index contributed by atoms with van der Waals surface area (Å²) < 4.78 is 2.01. The summed E-state index contributed by atoms with van der Waals surface area (Å²) in [7, 11) is 0. The molecule has 0 saturated carbocycles. The van der Waals surface area contributed by atoms with Gasteiger partial charge in [-0.3, -0.25) is 9.89 Å². The van der Waals surface area contributed by atoms with Gasteiger partial charge >= 0.3 is 0 Å². The number of nitrogens with one attached hydrogen (secondary N) is 2. The van der Waals surface area contributed by atoms with E-state index in [1.54, 1.807) is 12.5 Å². The topological polar surface area (TPSA) is 102 Å². The Morgan fingerprint density at radius 2 is 2.39 bits per heavy atom. The Bertz CT molecular complexity index is 489. The molecular formula is C11H16N6O. The molecule has 0 aliphatic heterocycles. The number of aromatic nitrogens is 4. The summed E-state index contributed by atoms with van der Waals surface area (Å²) in [5, 5.41) is 9.06. The lowest BCUT2D eigenvalue weighted by atomic mass is 10.3. The van der Waals surface area contributed by atoms with Crippen LogP contribution in [-0.4, -0.2) is 32.2 Å². The van der Waals surface area contributed by atoms with E-state index in [4.69, 9.17) is 5.73 Å². The van der Waals surface area contributed by atoms with E-state index in [1.165, 1.54) is 6.20 Å². The largest absolute Gasteiger partial charge is 0.396 e. The average molecular weight is 248 g/mol. The van der Waals surface area contributed by atoms with E-state index in [-0.39, 0.29) is 5.91 Å². The number of rotatable bonds is 6. The lowest BCUT2D eigenvalue weighted by Gasteiger charge is -2.04. The molecule has 0 bridgehead atoms. The molecule has 0 saturated heterocycles. The highest BCUT2D eigenvalue weighted by Gasteiger charge is 2.10. The molecule has 0 unspecified atom stereocenters. The van der Waals surface area contributed by atoms with Gasteiger partial charge in [0.2, 0.25) is 0 Å². The van der Waals surface area contributed by atoms with Crippen LogP contribution in [0, 0.1) is 0 Å². The smallest absolute Gasteiger partial charge is 0.271 e. The number of amides is 1. The van der Waals surface area contributed by atoms with Gasteiger partial charge in [0.1, 0.15) is 5.69 Å². The van der Waals surface area contributed by atoms with Crippen molar-refractivity contribution in [1.82, 2.24) is 25.1 Å². The Hall–Kier alpha value is -2.31. The van der Waals surface area contributed by atoms with Crippen molar-refractivity contribution in [3.05, 3.63) is 30.6 Å². The third kappa shape index (κ3) is 3.09. The van der Waals surface area contributed by atoms with Gasteiger partial charge in [0.15, 0.2) is 0 Å². The first kappa shape index (κ1) is 12.2. The summed E-state index contributed by atoms with van der Waals surface area (Å²) >= 11 is 0. The molecule has 2 rings (SSSR count). The van der Waals surface area contributed by atoms with Crippen LogP contribution >= 0.6 is 0 Å². The van der Waals surface area contributed by atoms with Crippen LogP contribution in [0.25, 0.3) is 0 Å². The molecule has 0 aliphatic carbocycles. The van der Waals surface area contributed by atoms with E-state index in [0.29, 0.717) is 17.9 Å². The summed E-state index contributed by atoms with van der Waals surface area (Å²) in [5.41, 5.74) is 6.26. The van der Waals surface area contributed by atoms with Crippen molar-refractivity contribution in [3.8, 4) is 0 Å². The number of anilines is 1. The molecule has 96 valence electrons. The Kier molecular flexibility index (Phi) is 3.95. The molecule has 0 aromatic carbocycles. The zero-order valence-corrected chi connectivity index (χ0v) is 9.97. The number of carbonyl (C=O) groups excluding carboxylic acids is 1. The highest BCUT2D eigenvalue weighted by Crippen LogP contribution is 2.05. The quantitative estimate of drug-likeness (QED) is 0.644. The number of imidazole rings is 1. The normalized spacial score (nSPS) is 10.4. The van der Waals surface area contributed by atoms with Crippen LogP contribution < -0.4 is 11.1 Å². The van der Waals surface area contributed by atoms with Crippen molar-refractivity contribution in [3.63, 3.8) is 0 Å². The summed E-state index contributed by atoms with van der Waals surface area (Å²) in [6.07, 6.45) is 8.76. The molecule has 0 spiro atoms. The monoisotopic (exact) mass is 248 g/mol. The first-order valence-electron chi connectivity index (χ1n) is 5.80. The first-order valence-corrected chi connectivity index (χ1v) is 5.80. The number of hydrogen-bond donors (Lipinski definition) is 3. The Labute approximate surface area is 104 Å². The van der Waals surface area contributed by atoms with Crippen LogP contribution in [0.15, 0.2) is 24.9 Å². The third-order valence-electron chi connectivity index (χ3n) is 2.58. The predicted octanol–water partition coefficient (Wildman–Crippen LogP) is 0.399. The van der Waals surface area contributed by atoms with Crippen LogP contribution in [0.1, 0.15) is 23.3 Å². The van der Waals surface area contributed by atoms with Crippen molar-refractivity contribution >= 4 is 11.6 Å². The number of aromatic amines is 1. The molecule has 2 aromatic rings. The van der Waals surface area contributed by atoms with Crippen LogP contribution in [-0.2, 0) is 6.54 Å². The summed E-state index contributed by atoms with van der Waals surface area (Å²) in [6, 6.07) is 0. The molecule has 2 aromatic heterocycles. The fourth-order valence-electron chi connectivity index (χ4n) is 1.61. The predicted molar refractivity (Wildman–Crippen MR) is 66.8 cm³/mol. The number of unbranched alkanes of at least 4 members (excludes halogenated alkanes) is 1. The molecule has 7 heteroatoms. The number of hydrogen-bond acceptors (Lipinski definition) is 4. The van der Waals surface area contributed by atoms with Crippen molar-refractivity contribution < 1.29 is 4.79 Å². The number of H-pyrrole nitrogens is 1. The zero-order chi connectivity index (χ0) is 12.8.